The summed E-state index contributed by atoms with van der Waals surface area (Å²) in [6.07, 6.45) is 2.96. The number of aryl methyl sites for hydroxylation is 2. The summed E-state index contributed by atoms with van der Waals surface area (Å²) in [5, 5.41) is 20.4. The van der Waals surface area contributed by atoms with Crippen LogP contribution in [-0.2, 0) is 19.9 Å². The molecule has 2 aromatic heterocycles. The molecule has 0 aromatic carbocycles. The second kappa shape index (κ2) is 7.35. The van der Waals surface area contributed by atoms with E-state index in [0.29, 0.717) is 27.2 Å². The lowest BCUT2D eigenvalue weighted by Crippen LogP contribution is -2.35. The maximum Gasteiger partial charge on any atom is 0.277 e. The third-order valence-corrected chi connectivity index (χ3v) is 6.27. The van der Waals surface area contributed by atoms with Gasteiger partial charge in [-0.25, -0.2) is 0 Å². The van der Waals surface area contributed by atoms with Gasteiger partial charge in [0, 0.05) is 11.9 Å². The molecule has 1 amide bonds. The fourth-order valence-corrected chi connectivity index (χ4v) is 5.00. The number of halogens is 1. The lowest BCUT2D eigenvalue weighted by atomic mass is 9.89. The molecule has 0 saturated heterocycles. The second-order valence-electron chi connectivity index (χ2n) is 6.45. The molecule has 1 aliphatic carbocycles. The Morgan fingerprint density at radius 2 is 2.27 bits per heavy atom. The van der Waals surface area contributed by atoms with Crippen molar-refractivity contribution in [2.75, 3.05) is 5.32 Å². The van der Waals surface area contributed by atoms with Crippen LogP contribution in [0, 0.1) is 24.2 Å². The number of thiophene rings is 1. The van der Waals surface area contributed by atoms with E-state index >= 15 is 0 Å². The fourth-order valence-electron chi connectivity index (χ4n) is 3.13. The Labute approximate surface area is 166 Å². The van der Waals surface area contributed by atoms with Gasteiger partial charge < -0.3 is 5.32 Å². The number of aromatic nitrogens is 2. The number of carbonyl (C=O) groups is 1. The van der Waals surface area contributed by atoms with E-state index in [1.54, 1.807) is 14.0 Å². The van der Waals surface area contributed by atoms with Crippen molar-refractivity contribution in [2.24, 2.45) is 13.0 Å². The van der Waals surface area contributed by atoms with Crippen LogP contribution in [0.5, 0.6) is 0 Å². The maximum atomic E-state index is 12.4. The van der Waals surface area contributed by atoms with Crippen molar-refractivity contribution in [3.8, 4) is 6.07 Å². The summed E-state index contributed by atoms with van der Waals surface area (Å²) in [6.45, 7) is 3.94. The summed E-state index contributed by atoms with van der Waals surface area (Å²) in [5.41, 5.74) is 2.55. The van der Waals surface area contributed by atoms with Gasteiger partial charge in [0.05, 0.1) is 16.3 Å². The number of fused-ring (bicyclic) bond motifs is 1. The van der Waals surface area contributed by atoms with E-state index in [9.17, 15) is 10.1 Å². The lowest BCUT2D eigenvalue weighted by Gasteiger charge is -2.17. The Balaban J connectivity index is 1.77. The highest BCUT2D eigenvalue weighted by Gasteiger charge is 2.25. The van der Waals surface area contributed by atoms with Crippen molar-refractivity contribution in [2.45, 2.75) is 33.1 Å². The standard InChI is InChI=1S/C17H18ClN5OS2/c1-8-4-5-10-11(7-19)16(26-12(10)6-8)21-17(25)20-15(24)14-13(18)9(2)22-23(14)3/h8H,4-6H2,1-3H3,(H2,20,21,24,25)/t8-/m1/s1. The Bertz CT molecular complexity index is 940. The highest BCUT2D eigenvalue weighted by Crippen LogP contribution is 2.39. The molecule has 0 unspecified atom stereocenters. The number of carbonyl (C=O) groups excluding carboxylic acids is 1. The Morgan fingerprint density at radius 1 is 1.54 bits per heavy atom. The molecule has 2 aromatic rings. The predicted octanol–water partition coefficient (Wildman–Crippen LogP) is 3.57. The van der Waals surface area contributed by atoms with E-state index in [-0.39, 0.29) is 10.8 Å². The van der Waals surface area contributed by atoms with Gasteiger partial charge in [0.1, 0.15) is 16.8 Å². The molecule has 2 N–H and O–H groups in total. The van der Waals surface area contributed by atoms with E-state index in [1.807, 2.05) is 0 Å². The zero-order valence-electron chi connectivity index (χ0n) is 14.6. The third-order valence-electron chi connectivity index (χ3n) is 4.44. The molecule has 1 atom stereocenters. The number of hydrogen-bond donors (Lipinski definition) is 2. The lowest BCUT2D eigenvalue weighted by molar-refractivity contribution is 0.0968. The van der Waals surface area contributed by atoms with E-state index in [4.69, 9.17) is 23.8 Å². The topological polar surface area (TPSA) is 82.7 Å². The van der Waals surface area contributed by atoms with Gasteiger partial charge in [0.25, 0.3) is 5.91 Å². The summed E-state index contributed by atoms with van der Waals surface area (Å²) in [4.78, 5) is 13.7. The van der Waals surface area contributed by atoms with Gasteiger partial charge in [0.2, 0.25) is 0 Å². The molecule has 1 aliphatic rings. The number of nitrogens with zero attached hydrogens (tertiary/aromatic N) is 3. The maximum absolute atomic E-state index is 12.4. The summed E-state index contributed by atoms with van der Waals surface area (Å²) in [6, 6.07) is 2.27. The quantitative estimate of drug-likeness (QED) is 0.743. The van der Waals surface area contributed by atoms with Crippen molar-refractivity contribution < 1.29 is 4.79 Å². The predicted molar refractivity (Wildman–Crippen MR) is 107 cm³/mol. The number of hydrogen-bond acceptors (Lipinski definition) is 5. The number of anilines is 1. The smallest absolute Gasteiger partial charge is 0.277 e. The second-order valence-corrected chi connectivity index (χ2v) is 8.34. The van der Waals surface area contributed by atoms with Gasteiger partial charge in [-0.15, -0.1) is 11.3 Å². The zero-order chi connectivity index (χ0) is 19.0. The summed E-state index contributed by atoms with van der Waals surface area (Å²) < 4.78 is 1.42. The molecule has 136 valence electrons. The van der Waals surface area contributed by atoms with Crippen molar-refractivity contribution >= 4 is 51.2 Å². The number of amides is 1. The van der Waals surface area contributed by atoms with Gasteiger partial charge in [-0.1, -0.05) is 18.5 Å². The van der Waals surface area contributed by atoms with Gasteiger partial charge in [0.15, 0.2) is 5.11 Å². The first-order valence-electron chi connectivity index (χ1n) is 8.17. The molecule has 0 bridgehead atoms. The average Bonchev–Trinajstić information content (AvgIpc) is 3.02. The summed E-state index contributed by atoms with van der Waals surface area (Å²) in [5.74, 6) is 0.173. The largest absolute Gasteiger partial charge is 0.323 e. The first-order valence-corrected chi connectivity index (χ1v) is 9.78. The van der Waals surface area contributed by atoms with Crippen molar-refractivity contribution in [1.29, 1.82) is 5.26 Å². The van der Waals surface area contributed by atoms with Crippen LogP contribution in [0.25, 0.3) is 0 Å². The minimum Gasteiger partial charge on any atom is -0.323 e. The van der Waals surface area contributed by atoms with E-state index in [0.717, 1.165) is 24.8 Å². The molecule has 0 radical (unpaired) electrons. The minimum atomic E-state index is -0.441. The molecule has 0 aliphatic heterocycles. The number of rotatable bonds is 2. The van der Waals surface area contributed by atoms with Crippen LogP contribution in [0.1, 0.15) is 45.5 Å². The molecule has 2 heterocycles. The van der Waals surface area contributed by atoms with Crippen LogP contribution in [0.3, 0.4) is 0 Å². The molecular weight excluding hydrogens is 390 g/mol. The molecule has 9 heteroatoms. The van der Waals surface area contributed by atoms with Crippen molar-refractivity contribution in [3.63, 3.8) is 0 Å². The van der Waals surface area contributed by atoms with Crippen LogP contribution in [0.2, 0.25) is 5.02 Å². The van der Waals surface area contributed by atoms with Crippen molar-refractivity contribution in [3.05, 3.63) is 32.4 Å². The van der Waals surface area contributed by atoms with Gasteiger partial charge in [-0.05, 0) is 49.9 Å². The van der Waals surface area contributed by atoms with Crippen LogP contribution in [0.4, 0.5) is 5.00 Å². The number of nitrogens with one attached hydrogen (secondary N) is 2. The number of thiocarbonyl (C=S) groups is 1. The molecule has 0 spiro atoms. The van der Waals surface area contributed by atoms with Crippen LogP contribution >= 0.6 is 35.2 Å². The molecule has 3 rings (SSSR count). The average molecular weight is 408 g/mol. The van der Waals surface area contributed by atoms with E-state index in [1.165, 1.54) is 20.9 Å². The highest BCUT2D eigenvalue weighted by atomic mass is 35.5. The van der Waals surface area contributed by atoms with Crippen molar-refractivity contribution in [1.82, 2.24) is 15.1 Å². The first-order chi connectivity index (χ1) is 12.3. The monoisotopic (exact) mass is 407 g/mol. The zero-order valence-corrected chi connectivity index (χ0v) is 17.0. The SMILES string of the molecule is Cc1nn(C)c(C(=O)NC(=S)Nc2sc3c(c2C#N)CC[C@@H](C)C3)c1Cl. The summed E-state index contributed by atoms with van der Waals surface area (Å²) >= 11 is 12.9. The van der Waals surface area contributed by atoms with Gasteiger partial charge in [-0.3, -0.25) is 14.8 Å². The van der Waals surface area contributed by atoms with Crippen LogP contribution in [-0.4, -0.2) is 20.8 Å². The molecule has 0 fully saturated rings. The van der Waals surface area contributed by atoms with Crippen LogP contribution < -0.4 is 10.6 Å². The van der Waals surface area contributed by atoms with E-state index in [2.05, 4.69) is 28.7 Å². The Kier molecular flexibility index (Phi) is 5.32. The minimum absolute atomic E-state index is 0.132. The van der Waals surface area contributed by atoms with Gasteiger partial charge >= 0.3 is 0 Å². The summed E-state index contributed by atoms with van der Waals surface area (Å²) in [7, 11) is 1.65. The van der Waals surface area contributed by atoms with Gasteiger partial charge in [-0.2, -0.15) is 10.4 Å². The van der Waals surface area contributed by atoms with Crippen LogP contribution in [0.15, 0.2) is 0 Å². The molecular formula is C17H18ClN5OS2. The Morgan fingerprint density at radius 3 is 2.88 bits per heavy atom. The highest BCUT2D eigenvalue weighted by molar-refractivity contribution is 7.80. The Hall–Kier alpha value is -1.95. The normalized spacial score (nSPS) is 15.9. The van der Waals surface area contributed by atoms with E-state index < -0.39 is 5.91 Å². The first kappa shape index (κ1) is 18.8. The number of nitriles is 1. The molecule has 26 heavy (non-hydrogen) atoms. The molecule has 6 nitrogen and oxygen atoms in total. The third kappa shape index (κ3) is 3.47. The molecule has 0 saturated carbocycles. The fraction of sp³-hybridized carbons (Fsp3) is 0.412.